The van der Waals surface area contributed by atoms with Crippen LogP contribution in [-0.2, 0) is 18.6 Å². The third kappa shape index (κ3) is 62.9. The van der Waals surface area contributed by atoms with Gasteiger partial charge in [-0.3, -0.25) is 0 Å². The maximum atomic E-state index is 2.27. The Balaban J connectivity index is -0.00000000533. The van der Waals surface area contributed by atoms with E-state index in [4.69, 9.17) is 0 Å². The molecule has 0 saturated carbocycles. The molecule has 0 fully saturated rings. The van der Waals surface area contributed by atoms with Crippen LogP contribution in [0.1, 0.15) is 13.8 Å². The summed E-state index contributed by atoms with van der Waals surface area (Å²) in [6, 6.07) is 0. The molecule has 0 heterocycles. The van der Waals surface area contributed by atoms with Crippen molar-refractivity contribution in [1.82, 2.24) is 0 Å². The molecule has 0 aromatic carbocycles. The molecular formula is C4H16AlCl4IV. The third-order valence-electron chi connectivity index (χ3n) is 0.707. The summed E-state index contributed by atoms with van der Waals surface area (Å²) < 4.78 is 0. The summed E-state index contributed by atoms with van der Waals surface area (Å²) in [4.78, 5) is 0. The molecule has 7 heteroatoms. The predicted molar refractivity (Wildman–Crippen MR) is 72.5 cm³/mol. The first-order valence-electron chi connectivity index (χ1n) is 2.41. The summed E-state index contributed by atoms with van der Waals surface area (Å²) in [5.41, 5.74) is 0. The molecule has 0 atom stereocenters. The minimum absolute atomic E-state index is 0. The molecule has 0 amide bonds. The van der Waals surface area contributed by atoms with Crippen LogP contribution in [0.2, 0.25) is 10.6 Å². The number of hydrogen-bond donors (Lipinski definition) is 0. The number of rotatable bonds is 2. The molecule has 0 aliphatic carbocycles. The number of halogens is 5. The molecule has 1 radical (unpaired) electrons. The van der Waals surface area contributed by atoms with E-state index in [9.17, 15) is 0 Å². The van der Waals surface area contributed by atoms with Gasteiger partial charge in [-0.15, -0.1) is 84.2 Å². The van der Waals surface area contributed by atoms with Gasteiger partial charge in [-0.25, -0.2) is 0 Å². The fraction of sp³-hybridized carbons (Fsp3) is 1.00. The number of hydrogen-bond acceptors (Lipinski definition) is 0. The van der Waals surface area contributed by atoms with E-state index < -0.39 is 0 Å². The van der Waals surface area contributed by atoms with Gasteiger partial charge in [-0.2, -0.15) is 0 Å². The van der Waals surface area contributed by atoms with Gasteiger partial charge in [0, 0.05) is 18.6 Å². The Labute approximate surface area is 130 Å². The first-order valence-corrected chi connectivity index (χ1v) is 4.41. The van der Waals surface area contributed by atoms with E-state index in [1.54, 1.807) is 0 Å². The predicted octanol–water partition coefficient (Wildman–Crippen LogP) is 3.60. The molecule has 0 aliphatic rings. The summed E-state index contributed by atoms with van der Waals surface area (Å²) in [6.45, 7) is 4.55. The van der Waals surface area contributed by atoms with E-state index in [1.165, 1.54) is 10.6 Å². The third-order valence-corrected chi connectivity index (χ3v) is 2.12. The fourth-order valence-corrected chi connectivity index (χ4v) is 1.06. The Bertz CT molecular complexity index is 29.6. The van der Waals surface area contributed by atoms with Crippen LogP contribution in [0.5, 0.6) is 0 Å². The van der Waals surface area contributed by atoms with Crippen molar-refractivity contribution >= 4 is 88.8 Å². The fourth-order valence-electron chi connectivity index (χ4n) is 0.354. The van der Waals surface area contributed by atoms with Crippen LogP contribution in [0.4, 0.5) is 0 Å². The van der Waals surface area contributed by atoms with Crippen LogP contribution in [0, 0.1) is 0 Å². The van der Waals surface area contributed by atoms with Crippen molar-refractivity contribution < 1.29 is 18.6 Å². The van der Waals surface area contributed by atoms with Crippen molar-refractivity contribution in [3.63, 3.8) is 0 Å². The SMILES string of the molecule is C[CH2][AlH][CH2]C.Cl.Cl.Cl.Cl.I.[V]. The normalized spacial score (nSPS) is 3.45. The summed E-state index contributed by atoms with van der Waals surface area (Å²) >= 11 is 0.432. The van der Waals surface area contributed by atoms with Gasteiger partial charge in [0.2, 0.25) is 15.2 Å². The molecule has 0 aromatic heterocycles. The molecule has 0 aromatic rings. The van der Waals surface area contributed by atoms with E-state index in [0.717, 1.165) is 0 Å². The zero-order valence-electron chi connectivity index (χ0n) is 6.61. The van der Waals surface area contributed by atoms with Crippen molar-refractivity contribution in [3.8, 4) is 0 Å². The minimum Gasteiger partial charge on any atom is -0.147 e. The van der Waals surface area contributed by atoms with E-state index >= 15 is 0 Å². The molecular weight excluding hydrogens is 395 g/mol. The van der Waals surface area contributed by atoms with Crippen molar-refractivity contribution in [1.29, 1.82) is 0 Å². The Morgan fingerprint density at radius 1 is 0.818 bits per heavy atom. The molecule has 0 nitrogen and oxygen atoms in total. The van der Waals surface area contributed by atoms with Crippen LogP contribution in [-0.4, -0.2) is 15.2 Å². The summed E-state index contributed by atoms with van der Waals surface area (Å²) in [5.74, 6) is 0. The topological polar surface area (TPSA) is 0 Å². The first-order chi connectivity index (χ1) is 2.41. The Kier molecular flexibility index (Phi) is 228. The molecule has 0 saturated heterocycles. The van der Waals surface area contributed by atoms with Crippen molar-refractivity contribution in [2.75, 3.05) is 0 Å². The smallest absolute Gasteiger partial charge is 0.147 e. The summed E-state index contributed by atoms with van der Waals surface area (Å²) in [5, 5.41) is 2.97. The van der Waals surface area contributed by atoms with Crippen LogP contribution >= 0.6 is 73.6 Å². The van der Waals surface area contributed by atoms with E-state index in [2.05, 4.69) is 13.8 Å². The molecule has 0 rings (SSSR count). The molecule has 0 bridgehead atoms. The van der Waals surface area contributed by atoms with Gasteiger partial charge in [-0.1, -0.05) is 13.8 Å². The van der Waals surface area contributed by atoms with Crippen LogP contribution in [0.25, 0.3) is 0 Å². The maximum Gasteiger partial charge on any atom is 0.236 e. The van der Waals surface area contributed by atoms with E-state index in [-0.39, 0.29) is 92.2 Å². The van der Waals surface area contributed by atoms with Gasteiger partial charge >= 0.3 is 0 Å². The molecule has 11 heavy (non-hydrogen) atoms. The minimum atomic E-state index is 0. The second-order valence-corrected chi connectivity index (χ2v) is 4.06. The van der Waals surface area contributed by atoms with Crippen LogP contribution < -0.4 is 0 Å². The van der Waals surface area contributed by atoms with E-state index in [1.807, 2.05) is 0 Å². The van der Waals surface area contributed by atoms with Crippen molar-refractivity contribution in [3.05, 3.63) is 0 Å². The molecule has 0 spiro atoms. The average Bonchev–Trinajstić information content (AvgIpc) is 1.41. The van der Waals surface area contributed by atoms with Crippen LogP contribution in [0.3, 0.4) is 0 Å². The Morgan fingerprint density at radius 3 is 1.00 bits per heavy atom. The largest absolute Gasteiger partial charge is 0.236 e. The zero-order valence-corrected chi connectivity index (χ0v) is 15.0. The van der Waals surface area contributed by atoms with Gasteiger partial charge in [0.1, 0.15) is 0 Å². The van der Waals surface area contributed by atoms with Gasteiger partial charge in [-0.05, 0) is 0 Å². The zero-order chi connectivity index (χ0) is 4.12. The Morgan fingerprint density at radius 2 is 1.00 bits per heavy atom. The molecule has 0 unspecified atom stereocenters. The van der Waals surface area contributed by atoms with Crippen molar-refractivity contribution in [2.24, 2.45) is 0 Å². The second kappa shape index (κ2) is 52.0. The van der Waals surface area contributed by atoms with E-state index in [0.29, 0.717) is 15.2 Å². The average molecular weight is 411 g/mol. The Hall–Kier alpha value is 3.01. The first kappa shape index (κ1) is 48.3. The van der Waals surface area contributed by atoms with Gasteiger partial charge < -0.3 is 0 Å². The summed E-state index contributed by atoms with van der Waals surface area (Å²) in [6.07, 6.45) is 0. The van der Waals surface area contributed by atoms with Gasteiger partial charge in [0.15, 0.2) is 0 Å². The van der Waals surface area contributed by atoms with Crippen molar-refractivity contribution in [2.45, 2.75) is 24.4 Å². The molecule has 0 N–H and O–H groups in total. The quantitative estimate of drug-likeness (QED) is 0.482. The molecule has 75 valence electrons. The monoisotopic (exact) mass is 409 g/mol. The van der Waals surface area contributed by atoms with Gasteiger partial charge in [0.25, 0.3) is 0 Å². The molecule has 0 aliphatic heterocycles. The maximum absolute atomic E-state index is 2.27. The standard InChI is InChI=1S/2C2H5.Al.4ClH.HI.V.H/c2*1-2;;;;;;;;/h2*1H2,2H3;;5*1H;;. The van der Waals surface area contributed by atoms with Crippen LogP contribution in [0.15, 0.2) is 0 Å². The van der Waals surface area contributed by atoms with Gasteiger partial charge in [0.05, 0.1) is 0 Å². The summed E-state index contributed by atoms with van der Waals surface area (Å²) in [7, 11) is 0. The second-order valence-electron chi connectivity index (χ2n) is 1.35.